The van der Waals surface area contributed by atoms with Crippen molar-refractivity contribution in [3.63, 3.8) is 0 Å². The number of rotatable bonds is 4. The third kappa shape index (κ3) is 5.28. The molecule has 9 heavy (non-hydrogen) atoms. The van der Waals surface area contributed by atoms with Gasteiger partial charge >= 0.3 is 0 Å². The Bertz CT molecular complexity index is 136. The minimum Gasteiger partial charge on any atom is -0.303 e. The number of carbonyl (C=O) groups is 1. The highest BCUT2D eigenvalue weighted by Crippen LogP contribution is 2.06. The molecule has 0 fully saturated rings. The maximum atomic E-state index is 9.72. The van der Waals surface area contributed by atoms with Crippen LogP contribution in [-0.2, 0) is 9.59 Å². The molecule has 0 aromatic rings. The van der Waals surface area contributed by atoms with Gasteiger partial charge in [-0.15, -0.1) is 0 Å². The number of hydrogen-bond donors (Lipinski definition) is 0. The van der Waals surface area contributed by atoms with Gasteiger partial charge in [0, 0.05) is 6.42 Å². The summed E-state index contributed by atoms with van der Waals surface area (Å²) in [6.45, 7) is 0. The minimum absolute atomic E-state index is 0.164. The lowest BCUT2D eigenvalue weighted by molar-refractivity contribution is -0.107. The standard InChI is InChI=1S/C6H7ClO2/c7-6(5-9)3-1-2-4-8/h4H,1-3H2. The highest BCUT2D eigenvalue weighted by molar-refractivity contribution is 6.33. The van der Waals surface area contributed by atoms with Crippen LogP contribution < -0.4 is 0 Å². The molecule has 0 rings (SSSR count). The quantitative estimate of drug-likeness (QED) is 0.341. The lowest BCUT2D eigenvalue weighted by atomic mass is 10.2. The van der Waals surface area contributed by atoms with Gasteiger partial charge in [-0.05, 0) is 12.8 Å². The number of halogens is 1. The van der Waals surface area contributed by atoms with Crippen LogP contribution in [0.1, 0.15) is 19.3 Å². The van der Waals surface area contributed by atoms with E-state index in [9.17, 15) is 9.59 Å². The molecule has 0 spiro atoms. The Morgan fingerprint density at radius 3 is 2.78 bits per heavy atom. The van der Waals surface area contributed by atoms with E-state index in [1.165, 1.54) is 5.94 Å². The highest BCUT2D eigenvalue weighted by atomic mass is 35.5. The third-order valence-electron chi connectivity index (χ3n) is 0.829. The van der Waals surface area contributed by atoms with Crippen LogP contribution >= 0.6 is 11.6 Å². The molecule has 0 atom stereocenters. The minimum atomic E-state index is 0.164. The molecule has 0 aliphatic heterocycles. The molecule has 50 valence electrons. The molecular weight excluding hydrogens is 140 g/mol. The van der Waals surface area contributed by atoms with Crippen LogP contribution in [0.3, 0.4) is 0 Å². The average molecular weight is 147 g/mol. The zero-order chi connectivity index (χ0) is 7.11. The molecule has 0 radical (unpaired) electrons. The first-order valence-corrected chi connectivity index (χ1v) is 3.02. The fraction of sp³-hybridized carbons (Fsp3) is 0.500. The summed E-state index contributed by atoms with van der Waals surface area (Å²) < 4.78 is 0. The van der Waals surface area contributed by atoms with Crippen LogP contribution in [0.15, 0.2) is 5.03 Å². The second kappa shape index (κ2) is 5.54. The maximum absolute atomic E-state index is 9.72. The van der Waals surface area contributed by atoms with Gasteiger partial charge in [-0.3, -0.25) is 0 Å². The Morgan fingerprint density at radius 2 is 2.33 bits per heavy atom. The predicted octanol–water partition coefficient (Wildman–Crippen LogP) is 1.31. The summed E-state index contributed by atoms with van der Waals surface area (Å²) >= 11 is 5.28. The molecule has 0 aromatic heterocycles. The zero-order valence-corrected chi connectivity index (χ0v) is 5.65. The van der Waals surface area contributed by atoms with Crippen molar-refractivity contribution in [3.05, 3.63) is 5.03 Å². The summed E-state index contributed by atoms with van der Waals surface area (Å²) in [7, 11) is 0. The molecule has 2 nitrogen and oxygen atoms in total. The first-order valence-electron chi connectivity index (χ1n) is 2.64. The van der Waals surface area contributed by atoms with Crippen LogP contribution in [0.25, 0.3) is 0 Å². The van der Waals surface area contributed by atoms with Gasteiger partial charge in [0.05, 0.1) is 0 Å². The molecular formula is C6H7ClO2. The Labute approximate surface area is 58.5 Å². The van der Waals surface area contributed by atoms with Crippen molar-refractivity contribution in [1.29, 1.82) is 0 Å². The predicted molar refractivity (Wildman–Crippen MR) is 35.0 cm³/mol. The third-order valence-corrected chi connectivity index (χ3v) is 1.10. The maximum Gasteiger partial charge on any atom is 0.140 e. The van der Waals surface area contributed by atoms with E-state index in [4.69, 9.17) is 11.6 Å². The number of allylic oxidation sites excluding steroid dienone is 1. The molecule has 0 heterocycles. The Balaban J connectivity index is 3.27. The number of hydrogen-bond acceptors (Lipinski definition) is 2. The van der Waals surface area contributed by atoms with E-state index in [1.807, 2.05) is 0 Å². The van der Waals surface area contributed by atoms with Crippen LogP contribution in [0.2, 0.25) is 0 Å². The van der Waals surface area contributed by atoms with Crippen molar-refractivity contribution in [2.75, 3.05) is 0 Å². The lowest BCUT2D eigenvalue weighted by Crippen LogP contribution is -1.77. The second-order valence-corrected chi connectivity index (χ2v) is 2.02. The molecule has 0 bridgehead atoms. The van der Waals surface area contributed by atoms with E-state index < -0.39 is 0 Å². The Kier molecular flexibility index (Phi) is 5.18. The normalized spacial score (nSPS) is 8.11. The van der Waals surface area contributed by atoms with E-state index in [2.05, 4.69) is 0 Å². The fourth-order valence-electron chi connectivity index (χ4n) is 0.392. The van der Waals surface area contributed by atoms with Crippen molar-refractivity contribution in [3.8, 4) is 0 Å². The van der Waals surface area contributed by atoms with Crippen LogP contribution in [0.4, 0.5) is 0 Å². The molecule has 0 aliphatic rings. The van der Waals surface area contributed by atoms with Gasteiger partial charge in [-0.2, -0.15) is 0 Å². The first kappa shape index (κ1) is 8.41. The molecule has 0 N–H and O–H groups in total. The summed E-state index contributed by atoms with van der Waals surface area (Å²) in [6, 6.07) is 0. The molecule has 0 aliphatic carbocycles. The Hall–Kier alpha value is -0.590. The summed E-state index contributed by atoms with van der Waals surface area (Å²) in [5, 5.41) is 0.164. The average Bonchev–Trinajstić information content (AvgIpc) is 1.89. The van der Waals surface area contributed by atoms with Gasteiger partial charge in [0.15, 0.2) is 0 Å². The van der Waals surface area contributed by atoms with Crippen molar-refractivity contribution >= 4 is 23.8 Å². The van der Waals surface area contributed by atoms with E-state index in [0.29, 0.717) is 19.3 Å². The zero-order valence-electron chi connectivity index (χ0n) is 4.89. The van der Waals surface area contributed by atoms with E-state index in [0.717, 1.165) is 6.29 Å². The van der Waals surface area contributed by atoms with Gasteiger partial charge in [0.25, 0.3) is 0 Å². The smallest absolute Gasteiger partial charge is 0.140 e. The summed E-state index contributed by atoms with van der Waals surface area (Å²) in [5.41, 5.74) is 0. The number of carbonyl (C=O) groups excluding carboxylic acids is 2. The molecule has 0 amide bonds. The van der Waals surface area contributed by atoms with Gasteiger partial charge in [0.2, 0.25) is 0 Å². The number of unbranched alkanes of at least 4 members (excludes halogenated alkanes) is 1. The monoisotopic (exact) mass is 146 g/mol. The van der Waals surface area contributed by atoms with Gasteiger partial charge < -0.3 is 4.79 Å². The first-order chi connectivity index (χ1) is 4.31. The molecule has 0 saturated carbocycles. The summed E-state index contributed by atoms with van der Waals surface area (Å²) in [5.74, 6) is 1.54. The SMILES string of the molecule is O=C=C(Cl)CCCC=O. The second-order valence-electron chi connectivity index (χ2n) is 1.57. The van der Waals surface area contributed by atoms with Gasteiger partial charge in [0.1, 0.15) is 17.3 Å². The van der Waals surface area contributed by atoms with Gasteiger partial charge in [-0.25, -0.2) is 4.79 Å². The summed E-state index contributed by atoms with van der Waals surface area (Å²) in [4.78, 5) is 19.4. The number of aldehydes is 1. The van der Waals surface area contributed by atoms with Crippen LogP contribution in [0.5, 0.6) is 0 Å². The fourth-order valence-corrected chi connectivity index (χ4v) is 0.525. The largest absolute Gasteiger partial charge is 0.303 e. The molecule has 0 unspecified atom stereocenters. The van der Waals surface area contributed by atoms with E-state index in [1.54, 1.807) is 0 Å². The van der Waals surface area contributed by atoms with Crippen LogP contribution in [0, 0.1) is 0 Å². The highest BCUT2D eigenvalue weighted by Gasteiger charge is 1.91. The lowest BCUT2D eigenvalue weighted by Gasteiger charge is -1.87. The van der Waals surface area contributed by atoms with E-state index in [-0.39, 0.29) is 5.03 Å². The summed E-state index contributed by atoms with van der Waals surface area (Å²) in [6.07, 6.45) is 2.36. The van der Waals surface area contributed by atoms with Crippen LogP contribution in [-0.4, -0.2) is 12.2 Å². The van der Waals surface area contributed by atoms with Crippen molar-refractivity contribution < 1.29 is 9.59 Å². The van der Waals surface area contributed by atoms with Crippen molar-refractivity contribution in [2.24, 2.45) is 0 Å². The van der Waals surface area contributed by atoms with Crippen molar-refractivity contribution in [1.82, 2.24) is 0 Å². The topological polar surface area (TPSA) is 34.1 Å². The van der Waals surface area contributed by atoms with Crippen molar-refractivity contribution in [2.45, 2.75) is 19.3 Å². The molecule has 0 aromatic carbocycles. The van der Waals surface area contributed by atoms with E-state index >= 15 is 0 Å². The molecule has 3 heteroatoms. The molecule has 0 saturated heterocycles. The van der Waals surface area contributed by atoms with Gasteiger partial charge in [-0.1, -0.05) is 11.6 Å². The Morgan fingerprint density at radius 1 is 1.67 bits per heavy atom.